The minimum atomic E-state index is -3.42. The van der Waals surface area contributed by atoms with Crippen LogP contribution in [0.15, 0.2) is 60.7 Å². The number of aromatic nitrogens is 1. The number of methoxy groups -OCH3 is 1. The quantitative estimate of drug-likeness (QED) is 0.397. The van der Waals surface area contributed by atoms with Crippen LogP contribution in [0.5, 0.6) is 5.75 Å². The van der Waals surface area contributed by atoms with Gasteiger partial charge in [-0.15, -0.1) is 0 Å². The van der Waals surface area contributed by atoms with E-state index in [0.717, 1.165) is 22.7 Å². The largest absolute Gasteiger partial charge is 0.494 e. The number of para-hydroxylation sites is 2. The van der Waals surface area contributed by atoms with E-state index in [1.807, 2.05) is 30.3 Å². The molecule has 4 N–H and O–H groups in total. The van der Waals surface area contributed by atoms with Gasteiger partial charge in [0.05, 0.1) is 47.0 Å². The Labute approximate surface area is 179 Å². The maximum atomic E-state index is 12.0. The molecular formula is C22H20N4O4S. The highest BCUT2D eigenvalue weighted by Gasteiger charge is 2.16. The van der Waals surface area contributed by atoms with Crippen LogP contribution < -0.4 is 20.5 Å². The molecule has 0 radical (unpaired) electrons. The molecule has 158 valence electrons. The lowest BCUT2D eigenvalue weighted by atomic mass is 10.0. The Kier molecular flexibility index (Phi) is 5.12. The van der Waals surface area contributed by atoms with Crippen molar-refractivity contribution in [3.05, 3.63) is 66.2 Å². The molecular weight excluding hydrogens is 416 g/mol. The molecule has 0 aliphatic heterocycles. The van der Waals surface area contributed by atoms with Crippen molar-refractivity contribution in [3.63, 3.8) is 0 Å². The van der Waals surface area contributed by atoms with Crippen LogP contribution in [0.3, 0.4) is 0 Å². The molecule has 0 spiro atoms. The Morgan fingerprint density at radius 2 is 1.77 bits per heavy atom. The number of anilines is 3. The molecule has 3 aromatic carbocycles. The Bertz CT molecular complexity index is 1430. The molecule has 0 aliphatic rings. The Balaban J connectivity index is 1.91. The summed E-state index contributed by atoms with van der Waals surface area (Å²) < 4.78 is 31.0. The van der Waals surface area contributed by atoms with Crippen molar-refractivity contribution in [1.29, 1.82) is 0 Å². The zero-order valence-corrected chi connectivity index (χ0v) is 17.7. The Hall–Kier alpha value is -3.85. The number of fused-ring (bicyclic) bond motifs is 2. The molecule has 0 saturated carbocycles. The maximum Gasteiger partial charge on any atom is 0.250 e. The van der Waals surface area contributed by atoms with Crippen LogP contribution in [0.25, 0.3) is 21.8 Å². The highest BCUT2D eigenvalue weighted by atomic mass is 32.2. The van der Waals surface area contributed by atoms with Crippen molar-refractivity contribution in [2.75, 3.05) is 23.4 Å². The van der Waals surface area contributed by atoms with Crippen LogP contribution in [-0.2, 0) is 10.0 Å². The molecule has 9 heteroatoms. The number of ether oxygens (including phenoxy) is 1. The highest BCUT2D eigenvalue weighted by molar-refractivity contribution is 7.92. The van der Waals surface area contributed by atoms with E-state index in [0.29, 0.717) is 33.7 Å². The van der Waals surface area contributed by atoms with E-state index in [2.05, 4.69) is 15.0 Å². The highest BCUT2D eigenvalue weighted by Crippen LogP contribution is 2.37. The number of pyridine rings is 1. The fourth-order valence-electron chi connectivity index (χ4n) is 3.45. The standard InChI is InChI=1S/C22H20N4O4S/c1-30-19-12-13(26-31(2,28)29)10-11-18(19)25-20-14-6-3-4-9-17(14)24-21-15(20)7-5-8-16(21)22(23)27/h3-12,26H,1-2H3,(H2,23,27)(H,24,25). The van der Waals surface area contributed by atoms with E-state index in [1.165, 1.54) is 7.11 Å². The van der Waals surface area contributed by atoms with E-state index in [1.54, 1.807) is 30.3 Å². The first-order chi connectivity index (χ1) is 14.8. The number of amides is 1. The molecule has 0 bridgehead atoms. The van der Waals surface area contributed by atoms with E-state index in [9.17, 15) is 13.2 Å². The normalized spacial score (nSPS) is 11.4. The predicted molar refractivity (Wildman–Crippen MR) is 123 cm³/mol. The second kappa shape index (κ2) is 7.77. The lowest BCUT2D eigenvalue weighted by molar-refractivity contribution is 0.100. The molecule has 0 fully saturated rings. The number of sulfonamides is 1. The number of primary amides is 1. The summed E-state index contributed by atoms with van der Waals surface area (Å²) in [5.74, 6) is -0.123. The van der Waals surface area contributed by atoms with E-state index in [4.69, 9.17) is 10.5 Å². The van der Waals surface area contributed by atoms with Crippen molar-refractivity contribution < 1.29 is 17.9 Å². The molecule has 31 heavy (non-hydrogen) atoms. The maximum absolute atomic E-state index is 12.0. The molecule has 0 saturated heterocycles. The van der Waals surface area contributed by atoms with Gasteiger partial charge in [-0.3, -0.25) is 9.52 Å². The van der Waals surface area contributed by atoms with Gasteiger partial charge in [0.2, 0.25) is 10.0 Å². The summed E-state index contributed by atoms with van der Waals surface area (Å²) in [5.41, 5.74) is 8.80. The fraction of sp³-hybridized carbons (Fsp3) is 0.0909. The monoisotopic (exact) mass is 436 g/mol. The number of carbonyl (C=O) groups excluding carboxylic acids is 1. The third-order valence-corrected chi connectivity index (χ3v) is 5.35. The second-order valence-electron chi connectivity index (χ2n) is 6.98. The minimum Gasteiger partial charge on any atom is -0.494 e. The number of nitrogens with zero attached hydrogens (tertiary/aromatic N) is 1. The van der Waals surface area contributed by atoms with Crippen LogP contribution in [0, 0.1) is 0 Å². The Morgan fingerprint density at radius 1 is 1.03 bits per heavy atom. The first-order valence-electron chi connectivity index (χ1n) is 9.31. The number of hydrogen-bond acceptors (Lipinski definition) is 6. The molecule has 1 heterocycles. The first-order valence-corrected chi connectivity index (χ1v) is 11.2. The number of rotatable bonds is 6. The first kappa shape index (κ1) is 20.4. The zero-order valence-electron chi connectivity index (χ0n) is 16.8. The minimum absolute atomic E-state index is 0.325. The zero-order chi connectivity index (χ0) is 22.2. The lowest BCUT2D eigenvalue weighted by Crippen LogP contribution is -2.12. The van der Waals surface area contributed by atoms with Gasteiger partial charge in [-0.2, -0.15) is 0 Å². The summed E-state index contributed by atoms with van der Waals surface area (Å²) in [6.45, 7) is 0. The fourth-order valence-corrected chi connectivity index (χ4v) is 4.01. The number of nitrogens with two attached hydrogens (primary N) is 1. The van der Waals surface area contributed by atoms with Crippen molar-refractivity contribution >= 4 is 54.8 Å². The number of nitrogens with one attached hydrogen (secondary N) is 2. The van der Waals surface area contributed by atoms with Crippen molar-refractivity contribution in [2.24, 2.45) is 5.73 Å². The molecule has 1 aromatic heterocycles. The summed E-state index contributed by atoms with van der Waals surface area (Å²) in [6.07, 6.45) is 1.08. The van der Waals surface area contributed by atoms with Gasteiger partial charge < -0.3 is 15.8 Å². The molecule has 0 aliphatic carbocycles. The van der Waals surface area contributed by atoms with Gasteiger partial charge in [0, 0.05) is 16.8 Å². The van der Waals surface area contributed by atoms with Crippen LogP contribution in [0.2, 0.25) is 0 Å². The summed E-state index contributed by atoms with van der Waals surface area (Å²) in [6, 6.07) is 17.7. The average molecular weight is 436 g/mol. The molecule has 1 amide bonds. The van der Waals surface area contributed by atoms with Crippen molar-refractivity contribution in [3.8, 4) is 5.75 Å². The topological polar surface area (TPSA) is 123 Å². The van der Waals surface area contributed by atoms with Crippen LogP contribution in [-0.4, -0.2) is 32.7 Å². The number of benzene rings is 3. The smallest absolute Gasteiger partial charge is 0.250 e. The summed E-state index contributed by atoms with van der Waals surface area (Å²) >= 11 is 0. The Morgan fingerprint density at radius 3 is 2.48 bits per heavy atom. The number of carbonyl (C=O) groups is 1. The third kappa shape index (κ3) is 4.08. The van der Waals surface area contributed by atoms with Crippen LogP contribution in [0.1, 0.15) is 10.4 Å². The van der Waals surface area contributed by atoms with Gasteiger partial charge in [-0.1, -0.05) is 30.3 Å². The van der Waals surface area contributed by atoms with Crippen molar-refractivity contribution in [1.82, 2.24) is 4.98 Å². The van der Waals surface area contributed by atoms with Gasteiger partial charge in [-0.05, 0) is 24.3 Å². The van der Waals surface area contributed by atoms with Gasteiger partial charge in [0.15, 0.2) is 0 Å². The van der Waals surface area contributed by atoms with Crippen LogP contribution >= 0.6 is 0 Å². The SMILES string of the molecule is COc1cc(NS(C)(=O)=O)ccc1Nc1c2ccccc2nc2c(C(N)=O)cccc12. The van der Waals surface area contributed by atoms with Crippen molar-refractivity contribution in [2.45, 2.75) is 0 Å². The summed E-state index contributed by atoms with van der Waals surface area (Å²) in [5, 5.41) is 4.93. The van der Waals surface area contributed by atoms with Crippen LogP contribution in [0.4, 0.5) is 17.1 Å². The summed E-state index contributed by atoms with van der Waals surface area (Å²) in [4.78, 5) is 16.6. The summed E-state index contributed by atoms with van der Waals surface area (Å²) in [7, 11) is -1.92. The molecule has 0 unspecified atom stereocenters. The second-order valence-corrected chi connectivity index (χ2v) is 8.73. The number of hydrogen-bond donors (Lipinski definition) is 3. The molecule has 0 atom stereocenters. The van der Waals surface area contributed by atoms with E-state index in [-0.39, 0.29) is 0 Å². The van der Waals surface area contributed by atoms with E-state index >= 15 is 0 Å². The third-order valence-electron chi connectivity index (χ3n) is 4.74. The average Bonchev–Trinajstić information content (AvgIpc) is 2.72. The molecule has 8 nitrogen and oxygen atoms in total. The van der Waals surface area contributed by atoms with Gasteiger partial charge >= 0.3 is 0 Å². The lowest BCUT2D eigenvalue weighted by Gasteiger charge is -2.17. The van der Waals surface area contributed by atoms with Gasteiger partial charge in [0.1, 0.15) is 5.75 Å². The van der Waals surface area contributed by atoms with Gasteiger partial charge in [-0.25, -0.2) is 13.4 Å². The molecule has 4 aromatic rings. The predicted octanol–water partition coefficient (Wildman–Crippen LogP) is 3.61. The molecule has 4 rings (SSSR count). The van der Waals surface area contributed by atoms with Gasteiger partial charge in [0.25, 0.3) is 5.91 Å². The van der Waals surface area contributed by atoms with E-state index < -0.39 is 15.9 Å².